The maximum Gasteiger partial charge on any atom is 0.325 e. The van der Waals surface area contributed by atoms with E-state index in [2.05, 4.69) is 0 Å². The van der Waals surface area contributed by atoms with Gasteiger partial charge in [-0.1, -0.05) is 25.3 Å². The van der Waals surface area contributed by atoms with Crippen LogP contribution in [-0.2, 0) is 27.5 Å². The van der Waals surface area contributed by atoms with Crippen LogP contribution >= 0.6 is 0 Å². The minimum atomic E-state index is -0.332. The van der Waals surface area contributed by atoms with Gasteiger partial charge in [0.1, 0.15) is 6.54 Å². The van der Waals surface area contributed by atoms with Gasteiger partial charge in [0.15, 0.2) is 0 Å². The van der Waals surface area contributed by atoms with Gasteiger partial charge in [0.2, 0.25) is 0 Å². The molecule has 0 unspecified atom stereocenters. The first-order valence-electron chi connectivity index (χ1n) is 8.85. The van der Waals surface area contributed by atoms with Crippen molar-refractivity contribution in [3.63, 3.8) is 0 Å². The Balaban J connectivity index is 1.80. The van der Waals surface area contributed by atoms with Crippen LogP contribution in [0.25, 0.3) is 0 Å². The highest BCUT2D eigenvalue weighted by atomic mass is 16.5. The Hall–Kier alpha value is -1.88. The number of amides is 1. The lowest BCUT2D eigenvalue weighted by atomic mass is 9.93. The van der Waals surface area contributed by atoms with E-state index in [-0.39, 0.29) is 24.5 Å². The lowest BCUT2D eigenvalue weighted by Gasteiger charge is -2.33. The molecule has 0 aromatic heterocycles. The van der Waals surface area contributed by atoms with Gasteiger partial charge < -0.3 is 14.4 Å². The average Bonchev–Trinajstić information content (AvgIpc) is 3.08. The fourth-order valence-electron chi connectivity index (χ4n) is 3.58. The number of esters is 1. The Kier molecular flexibility index (Phi) is 5.51. The molecule has 1 aliphatic heterocycles. The monoisotopic (exact) mass is 331 g/mol. The van der Waals surface area contributed by atoms with Crippen LogP contribution in [0, 0.1) is 0 Å². The molecule has 1 saturated carbocycles. The third-order valence-electron chi connectivity index (χ3n) is 4.85. The molecule has 5 nitrogen and oxygen atoms in total. The lowest BCUT2D eigenvalue weighted by molar-refractivity contribution is -0.144. The molecule has 0 saturated heterocycles. The predicted octanol–water partition coefficient (Wildman–Crippen LogP) is 3.05. The van der Waals surface area contributed by atoms with E-state index in [4.69, 9.17) is 9.47 Å². The number of carbonyl (C=O) groups excluding carboxylic acids is 2. The highest BCUT2D eigenvalue weighted by Gasteiger charge is 2.29. The summed E-state index contributed by atoms with van der Waals surface area (Å²) in [5.41, 5.74) is 2.84. The van der Waals surface area contributed by atoms with Crippen LogP contribution in [-0.4, -0.2) is 36.0 Å². The summed E-state index contributed by atoms with van der Waals surface area (Å²) in [4.78, 5) is 26.8. The minimum absolute atomic E-state index is 0.0327. The van der Waals surface area contributed by atoms with E-state index in [1.807, 2.05) is 18.2 Å². The van der Waals surface area contributed by atoms with Gasteiger partial charge in [-0.15, -0.1) is 0 Å². The summed E-state index contributed by atoms with van der Waals surface area (Å²) in [5.74, 6) is -0.412. The number of carbonyl (C=O) groups is 2. The SMILES string of the molecule is CCOC(=O)CN(C(=O)c1ccc2c(c1)COC2)C1CCCCC1. The Morgan fingerprint density at radius 1 is 1.17 bits per heavy atom. The van der Waals surface area contributed by atoms with Crippen LogP contribution in [0.1, 0.15) is 60.5 Å². The van der Waals surface area contributed by atoms with Crippen molar-refractivity contribution in [2.75, 3.05) is 13.2 Å². The van der Waals surface area contributed by atoms with Crippen molar-refractivity contribution in [2.24, 2.45) is 0 Å². The normalized spacial score (nSPS) is 17.4. The van der Waals surface area contributed by atoms with Gasteiger partial charge in [0.25, 0.3) is 5.91 Å². The average molecular weight is 331 g/mol. The van der Waals surface area contributed by atoms with Crippen LogP contribution in [0.2, 0.25) is 0 Å². The standard InChI is InChI=1S/C19H25NO4/c1-2-24-18(21)11-20(17-6-4-3-5-7-17)19(22)14-8-9-15-12-23-13-16(15)10-14/h8-10,17H,2-7,11-13H2,1H3. The van der Waals surface area contributed by atoms with Crippen LogP contribution in [0.3, 0.4) is 0 Å². The molecule has 1 aliphatic carbocycles. The largest absolute Gasteiger partial charge is 0.465 e. The van der Waals surface area contributed by atoms with Crippen LogP contribution in [0.15, 0.2) is 18.2 Å². The van der Waals surface area contributed by atoms with E-state index in [0.717, 1.165) is 36.8 Å². The minimum Gasteiger partial charge on any atom is -0.465 e. The first-order valence-corrected chi connectivity index (χ1v) is 8.85. The van der Waals surface area contributed by atoms with E-state index >= 15 is 0 Å². The molecule has 130 valence electrons. The topological polar surface area (TPSA) is 55.8 Å². The van der Waals surface area contributed by atoms with Crippen molar-refractivity contribution in [1.29, 1.82) is 0 Å². The van der Waals surface area contributed by atoms with Gasteiger partial charge in [0.05, 0.1) is 19.8 Å². The number of hydrogen-bond acceptors (Lipinski definition) is 4. The molecule has 0 bridgehead atoms. The van der Waals surface area contributed by atoms with Crippen LogP contribution in [0.4, 0.5) is 0 Å². The molecule has 0 atom stereocenters. The van der Waals surface area contributed by atoms with Crippen LogP contribution in [0.5, 0.6) is 0 Å². The summed E-state index contributed by atoms with van der Waals surface area (Å²) in [6.07, 6.45) is 5.33. The maximum absolute atomic E-state index is 13.1. The van der Waals surface area contributed by atoms with Crippen molar-refractivity contribution in [3.8, 4) is 0 Å². The summed E-state index contributed by atoms with van der Waals surface area (Å²) in [7, 11) is 0. The quantitative estimate of drug-likeness (QED) is 0.778. The zero-order chi connectivity index (χ0) is 16.9. The first-order chi connectivity index (χ1) is 11.7. The molecule has 1 aromatic rings. The second-order valence-electron chi connectivity index (χ2n) is 6.51. The molecule has 0 radical (unpaired) electrons. The predicted molar refractivity (Wildman–Crippen MR) is 89.5 cm³/mol. The fourth-order valence-corrected chi connectivity index (χ4v) is 3.58. The molecule has 24 heavy (non-hydrogen) atoms. The van der Waals surface area contributed by atoms with Gasteiger partial charge in [-0.05, 0) is 43.0 Å². The third kappa shape index (κ3) is 3.78. The summed E-state index contributed by atoms with van der Waals surface area (Å²) < 4.78 is 10.5. The molecule has 3 rings (SSSR count). The molecular formula is C19H25NO4. The number of rotatable bonds is 5. The number of fused-ring (bicyclic) bond motifs is 1. The van der Waals surface area contributed by atoms with E-state index in [0.29, 0.717) is 25.4 Å². The maximum atomic E-state index is 13.1. The molecule has 2 aliphatic rings. The van der Waals surface area contributed by atoms with Gasteiger partial charge in [-0.25, -0.2) is 0 Å². The van der Waals surface area contributed by atoms with Gasteiger partial charge >= 0.3 is 5.97 Å². The number of hydrogen-bond donors (Lipinski definition) is 0. The highest BCUT2D eigenvalue weighted by Crippen LogP contribution is 2.26. The zero-order valence-electron chi connectivity index (χ0n) is 14.3. The Morgan fingerprint density at radius 3 is 2.67 bits per heavy atom. The molecule has 0 spiro atoms. The second-order valence-corrected chi connectivity index (χ2v) is 6.51. The van der Waals surface area contributed by atoms with Crippen molar-refractivity contribution in [1.82, 2.24) is 4.90 Å². The number of ether oxygens (including phenoxy) is 2. The number of benzene rings is 1. The molecule has 5 heteroatoms. The highest BCUT2D eigenvalue weighted by molar-refractivity contribution is 5.96. The summed E-state index contributed by atoms with van der Waals surface area (Å²) in [5, 5.41) is 0. The molecule has 1 fully saturated rings. The third-order valence-corrected chi connectivity index (χ3v) is 4.85. The van der Waals surface area contributed by atoms with Crippen molar-refractivity contribution in [3.05, 3.63) is 34.9 Å². The van der Waals surface area contributed by atoms with Gasteiger partial charge in [0, 0.05) is 11.6 Å². The summed E-state index contributed by atoms with van der Waals surface area (Å²) >= 11 is 0. The molecule has 1 heterocycles. The van der Waals surface area contributed by atoms with Gasteiger partial charge in [-0.2, -0.15) is 0 Å². The van der Waals surface area contributed by atoms with E-state index in [9.17, 15) is 9.59 Å². The molecule has 1 amide bonds. The second kappa shape index (κ2) is 7.79. The van der Waals surface area contributed by atoms with Crippen LogP contribution < -0.4 is 0 Å². The van der Waals surface area contributed by atoms with Crippen molar-refractivity contribution in [2.45, 2.75) is 58.3 Å². The van der Waals surface area contributed by atoms with Crippen molar-refractivity contribution < 1.29 is 19.1 Å². The number of nitrogens with zero attached hydrogens (tertiary/aromatic N) is 1. The molecule has 1 aromatic carbocycles. The Bertz CT molecular complexity index is 607. The Morgan fingerprint density at radius 2 is 1.92 bits per heavy atom. The zero-order valence-corrected chi connectivity index (χ0v) is 14.3. The smallest absolute Gasteiger partial charge is 0.325 e. The van der Waals surface area contributed by atoms with E-state index in [1.165, 1.54) is 6.42 Å². The summed E-state index contributed by atoms with van der Waals surface area (Å²) in [6.45, 7) is 3.31. The van der Waals surface area contributed by atoms with Gasteiger partial charge in [-0.3, -0.25) is 9.59 Å². The Labute approximate surface area is 142 Å². The van der Waals surface area contributed by atoms with E-state index in [1.54, 1.807) is 11.8 Å². The molecular weight excluding hydrogens is 306 g/mol. The van der Waals surface area contributed by atoms with Crippen molar-refractivity contribution >= 4 is 11.9 Å². The summed E-state index contributed by atoms with van der Waals surface area (Å²) in [6, 6.07) is 5.83. The lowest BCUT2D eigenvalue weighted by Crippen LogP contribution is -2.44. The molecule has 0 N–H and O–H groups in total. The van der Waals surface area contributed by atoms with E-state index < -0.39 is 0 Å². The fraction of sp³-hybridized carbons (Fsp3) is 0.579. The first kappa shape index (κ1) is 17.0.